The van der Waals surface area contributed by atoms with E-state index >= 15 is 0 Å². The molecule has 1 aromatic rings. The van der Waals surface area contributed by atoms with Crippen LogP contribution in [0, 0.1) is 12.3 Å². The standard InChI is InChI=1S/C13H24N4O3/c1-10-15-11(20-16-10)8-14-12(19)17(6-5-7-18)9-13(2,3)4/h18H,5-9H2,1-4H3,(H,14,19). The summed E-state index contributed by atoms with van der Waals surface area (Å²) in [5.41, 5.74) is -0.00608. The van der Waals surface area contributed by atoms with E-state index in [1.807, 2.05) is 0 Å². The molecule has 0 unspecified atom stereocenters. The van der Waals surface area contributed by atoms with Crippen LogP contribution < -0.4 is 5.32 Å². The van der Waals surface area contributed by atoms with Gasteiger partial charge in [0.2, 0.25) is 5.89 Å². The molecule has 0 aliphatic rings. The van der Waals surface area contributed by atoms with Crippen molar-refractivity contribution in [1.29, 1.82) is 0 Å². The Kier molecular flexibility index (Phi) is 5.94. The summed E-state index contributed by atoms with van der Waals surface area (Å²) in [7, 11) is 0. The average Bonchev–Trinajstić information content (AvgIpc) is 2.76. The van der Waals surface area contributed by atoms with Crippen LogP contribution in [0.2, 0.25) is 0 Å². The van der Waals surface area contributed by atoms with E-state index in [-0.39, 0.29) is 24.6 Å². The molecule has 0 aliphatic carbocycles. The fraction of sp³-hybridized carbons (Fsp3) is 0.769. The number of rotatable bonds is 6. The number of nitrogens with zero attached hydrogens (tertiary/aromatic N) is 3. The number of urea groups is 1. The van der Waals surface area contributed by atoms with E-state index in [4.69, 9.17) is 9.63 Å². The maximum Gasteiger partial charge on any atom is 0.317 e. The Labute approximate surface area is 119 Å². The molecule has 0 bridgehead atoms. The highest BCUT2D eigenvalue weighted by Gasteiger charge is 2.20. The first-order valence-corrected chi connectivity index (χ1v) is 6.74. The van der Waals surface area contributed by atoms with Crippen molar-refractivity contribution in [3.05, 3.63) is 11.7 Å². The molecule has 7 heteroatoms. The Morgan fingerprint density at radius 2 is 2.15 bits per heavy atom. The summed E-state index contributed by atoms with van der Waals surface area (Å²) in [5, 5.41) is 15.3. The van der Waals surface area contributed by atoms with E-state index in [0.717, 1.165) is 0 Å². The minimum absolute atomic E-state index is 0.00608. The molecule has 0 aromatic carbocycles. The van der Waals surface area contributed by atoms with Gasteiger partial charge in [0.1, 0.15) is 0 Å². The van der Waals surface area contributed by atoms with Crippen molar-refractivity contribution in [2.75, 3.05) is 19.7 Å². The number of aromatic nitrogens is 2. The van der Waals surface area contributed by atoms with E-state index in [2.05, 4.69) is 36.2 Å². The lowest BCUT2D eigenvalue weighted by Gasteiger charge is -2.29. The lowest BCUT2D eigenvalue weighted by molar-refractivity contribution is 0.163. The highest BCUT2D eigenvalue weighted by atomic mass is 16.5. The molecule has 1 heterocycles. The molecule has 2 N–H and O–H groups in total. The number of amides is 2. The predicted octanol–water partition coefficient (Wildman–Crippen LogP) is 1.32. The molecule has 0 fully saturated rings. The summed E-state index contributed by atoms with van der Waals surface area (Å²) in [6.07, 6.45) is 0.559. The molecule has 0 spiro atoms. The van der Waals surface area contributed by atoms with Crippen LogP contribution in [0.15, 0.2) is 4.52 Å². The second kappa shape index (κ2) is 7.23. The maximum absolute atomic E-state index is 12.2. The second-order valence-electron chi connectivity index (χ2n) is 5.95. The molecule has 1 rings (SSSR count). The van der Waals surface area contributed by atoms with Crippen molar-refractivity contribution in [2.24, 2.45) is 5.41 Å². The van der Waals surface area contributed by atoms with Crippen LogP contribution in [0.3, 0.4) is 0 Å². The maximum atomic E-state index is 12.2. The van der Waals surface area contributed by atoms with Crippen molar-refractivity contribution in [1.82, 2.24) is 20.4 Å². The zero-order valence-electron chi connectivity index (χ0n) is 12.6. The van der Waals surface area contributed by atoms with Gasteiger partial charge in [-0.3, -0.25) is 0 Å². The van der Waals surface area contributed by atoms with Crippen molar-refractivity contribution in [2.45, 2.75) is 40.7 Å². The van der Waals surface area contributed by atoms with Crippen LogP contribution in [-0.2, 0) is 6.54 Å². The smallest absolute Gasteiger partial charge is 0.317 e. The van der Waals surface area contributed by atoms with Crippen LogP contribution in [0.1, 0.15) is 38.9 Å². The van der Waals surface area contributed by atoms with Gasteiger partial charge < -0.3 is 19.8 Å². The van der Waals surface area contributed by atoms with Gasteiger partial charge in [-0.05, 0) is 18.8 Å². The zero-order chi connectivity index (χ0) is 15.2. The van der Waals surface area contributed by atoms with E-state index in [0.29, 0.717) is 31.2 Å². The molecule has 0 saturated heterocycles. The van der Waals surface area contributed by atoms with Crippen molar-refractivity contribution in [3.63, 3.8) is 0 Å². The van der Waals surface area contributed by atoms with Gasteiger partial charge in [0, 0.05) is 19.7 Å². The molecule has 1 aromatic heterocycles. The van der Waals surface area contributed by atoms with Gasteiger partial charge in [-0.15, -0.1) is 0 Å². The Balaban J connectivity index is 2.53. The lowest BCUT2D eigenvalue weighted by atomic mass is 9.96. The molecular formula is C13H24N4O3. The molecule has 0 radical (unpaired) electrons. The van der Waals surface area contributed by atoms with Gasteiger partial charge >= 0.3 is 6.03 Å². The van der Waals surface area contributed by atoms with Crippen LogP contribution >= 0.6 is 0 Å². The number of hydrogen-bond donors (Lipinski definition) is 2. The van der Waals surface area contributed by atoms with E-state index in [1.165, 1.54) is 0 Å². The minimum atomic E-state index is -0.191. The Bertz CT molecular complexity index is 425. The number of nitrogens with one attached hydrogen (secondary N) is 1. The van der Waals surface area contributed by atoms with Gasteiger partial charge in [0.25, 0.3) is 0 Å². The quantitative estimate of drug-likeness (QED) is 0.822. The second-order valence-corrected chi connectivity index (χ2v) is 5.95. The Morgan fingerprint density at radius 3 is 2.65 bits per heavy atom. The SMILES string of the molecule is Cc1noc(CNC(=O)N(CCCO)CC(C)(C)C)n1. The molecule has 0 saturated carbocycles. The summed E-state index contributed by atoms with van der Waals surface area (Å²) in [6, 6.07) is -0.191. The van der Waals surface area contributed by atoms with Crippen molar-refractivity contribution < 1.29 is 14.4 Å². The fourth-order valence-electron chi connectivity index (χ4n) is 1.76. The lowest BCUT2D eigenvalue weighted by Crippen LogP contribution is -2.44. The highest BCUT2D eigenvalue weighted by Crippen LogP contribution is 2.15. The molecule has 0 atom stereocenters. The fourth-order valence-corrected chi connectivity index (χ4v) is 1.76. The van der Waals surface area contributed by atoms with E-state index in [1.54, 1.807) is 11.8 Å². The van der Waals surface area contributed by atoms with E-state index < -0.39 is 0 Å². The number of carbonyl (C=O) groups is 1. The zero-order valence-corrected chi connectivity index (χ0v) is 12.6. The van der Waals surface area contributed by atoms with Gasteiger partial charge in [0.05, 0.1) is 6.54 Å². The van der Waals surface area contributed by atoms with Gasteiger partial charge in [0.15, 0.2) is 5.82 Å². The van der Waals surface area contributed by atoms with Gasteiger partial charge in [-0.25, -0.2) is 4.79 Å². The topological polar surface area (TPSA) is 91.5 Å². The van der Waals surface area contributed by atoms with E-state index in [9.17, 15) is 4.79 Å². The number of aliphatic hydroxyl groups excluding tert-OH is 1. The molecule has 7 nitrogen and oxygen atoms in total. The molecule has 2 amide bonds. The first-order chi connectivity index (χ1) is 9.31. The summed E-state index contributed by atoms with van der Waals surface area (Å²) in [5.74, 6) is 0.926. The first-order valence-electron chi connectivity index (χ1n) is 6.74. The number of hydrogen-bond acceptors (Lipinski definition) is 5. The first kappa shape index (κ1) is 16.4. The largest absolute Gasteiger partial charge is 0.396 e. The molecule has 114 valence electrons. The van der Waals surface area contributed by atoms with Gasteiger partial charge in [-0.2, -0.15) is 4.98 Å². The normalized spacial score (nSPS) is 11.4. The Hall–Kier alpha value is -1.63. The molecular weight excluding hydrogens is 260 g/mol. The summed E-state index contributed by atoms with van der Waals surface area (Å²) < 4.78 is 4.94. The van der Waals surface area contributed by atoms with Crippen LogP contribution in [0.25, 0.3) is 0 Å². The number of aryl methyl sites for hydroxylation is 1. The summed E-state index contributed by atoms with van der Waals surface area (Å²) in [6.45, 7) is 9.32. The van der Waals surface area contributed by atoms with Crippen LogP contribution in [-0.4, -0.2) is 45.9 Å². The van der Waals surface area contributed by atoms with Crippen LogP contribution in [0.5, 0.6) is 0 Å². The number of aliphatic hydroxyl groups is 1. The third-order valence-corrected chi connectivity index (χ3v) is 2.50. The third-order valence-electron chi connectivity index (χ3n) is 2.50. The summed E-state index contributed by atoms with van der Waals surface area (Å²) >= 11 is 0. The Morgan fingerprint density at radius 1 is 1.45 bits per heavy atom. The monoisotopic (exact) mass is 284 g/mol. The molecule has 20 heavy (non-hydrogen) atoms. The average molecular weight is 284 g/mol. The number of carbonyl (C=O) groups excluding carboxylic acids is 1. The van der Waals surface area contributed by atoms with Crippen molar-refractivity contribution >= 4 is 6.03 Å². The summed E-state index contributed by atoms with van der Waals surface area (Å²) in [4.78, 5) is 17.9. The van der Waals surface area contributed by atoms with Gasteiger partial charge in [-0.1, -0.05) is 25.9 Å². The minimum Gasteiger partial charge on any atom is -0.396 e. The van der Waals surface area contributed by atoms with Crippen molar-refractivity contribution in [3.8, 4) is 0 Å². The highest BCUT2D eigenvalue weighted by molar-refractivity contribution is 5.74. The molecule has 0 aliphatic heterocycles. The predicted molar refractivity (Wildman–Crippen MR) is 74.0 cm³/mol. The third kappa shape index (κ3) is 6.01. The van der Waals surface area contributed by atoms with Crippen LogP contribution in [0.4, 0.5) is 4.79 Å².